The summed E-state index contributed by atoms with van der Waals surface area (Å²) in [6.45, 7) is 3.58. The van der Waals surface area contributed by atoms with E-state index < -0.39 is 0 Å². The number of hydrogen-bond acceptors (Lipinski definition) is 2. The molecule has 2 fully saturated rings. The highest BCUT2D eigenvalue weighted by Crippen LogP contribution is 2.24. The molecule has 3 nitrogen and oxygen atoms in total. The number of hydrogen-bond donors (Lipinski definition) is 1. The molecule has 1 aliphatic heterocycles. The fourth-order valence-corrected chi connectivity index (χ4v) is 1.81. The van der Waals surface area contributed by atoms with E-state index in [1.54, 1.807) is 0 Å². The Morgan fingerprint density at radius 2 is 2.15 bits per heavy atom. The Morgan fingerprint density at radius 1 is 1.38 bits per heavy atom. The third-order valence-electron chi connectivity index (χ3n) is 2.90. The average Bonchev–Trinajstić information content (AvgIpc) is 2.89. The van der Waals surface area contributed by atoms with Crippen LogP contribution >= 0.6 is 0 Å². The van der Waals surface area contributed by atoms with E-state index in [0.29, 0.717) is 12.0 Å². The van der Waals surface area contributed by atoms with Crippen molar-refractivity contribution in [2.45, 2.75) is 32.2 Å². The van der Waals surface area contributed by atoms with Gasteiger partial charge in [-0.3, -0.25) is 4.79 Å². The van der Waals surface area contributed by atoms with Gasteiger partial charge in [-0.25, -0.2) is 0 Å². The lowest BCUT2D eigenvalue weighted by atomic mass is 9.89. The van der Waals surface area contributed by atoms with Crippen molar-refractivity contribution in [3.05, 3.63) is 0 Å². The molecule has 1 saturated heterocycles. The largest absolute Gasteiger partial charge is 0.381 e. The summed E-state index contributed by atoms with van der Waals surface area (Å²) >= 11 is 0. The molecule has 0 radical (unpaired) electrons. The summed E-state index contributed by atoms with van der Waals surface area (Å²) in [7, 11) is 0. The molecule has 0 aromatic rings. The van der Waals surface area contributed by atoms with Crippen LogP contribution in [-0.4, -0.2) is 25.2 Å². The molecule has 0 spiro atoms. The molecule has 2 atom stereocenters. The first kappa shape index (κ1) is 9.00. The lowest BCUT2D eigenvalue weighted by molar-refractivity contribution is -0.130. The van der Waals surface area contributed by atoms with Crippen LogP contribution in [0.4, 0.5) is 0 Å². The molecule has 3 heteroatoms. The molecule has 0 bridgehead atoms. The summed E-state index contributed by atoms with van der Waals surface area (Å²) in [6.07, 6.45) is 3.23. The first-order chi connectivity index (χ1) is 6.27. The Balaban J connectivity index is 1.85. The van der Waals surface area contributed by atoms with Gasteiger partial charge in [-0.05, 0) is 25.2 Å². The number of carbonyl (C=O) groups excluding carboxylic acids is 1. The maximum absolute atomic E-state index is 11.7. The zero-order chi connectivity index (χ0) is 9.26. The minimum absolute atomic E-state index is 0.189. The molecule has 74 valence electrons. The van der Waals surface area contributed by atoms with Crippen molar-refractivity contribution in [2.75, 3.05) is 13.2 Å². The summed E-state index contributed by atoms with van der Waals surface area (Å²) in [4.78, 5) is 11.7. The van der Waals surface area contributed by atoms with Crippen LogP contribution in [0.2, 0.25) is 0 Å². The number of carbonyl (C=O) groups is 1. The molecule has 13 heavy (non-hydrogen) atoms. The molecule has 0 aromatic heterocycles. The summed E-state index contributed by atoms with van der Waals surface area (Å²) in [5.41, 5.74) is 0. The van der Waals surface area contributed by atoms with E-state index in [9.17, 15) is 4.79 Å². The van der Waals surface area contributed by atoms with Gasteiger partial charge in [0.2, 0.25) is 5.91 Å². The van der Waals surface area contributed by atoms with E-state index in [1.165, 1.54) is 12.8 Å². The molecule has 1 N–H and O–H groups in total. The fourth-order valence-electron chi connectivity index (χ4n) is 1.81. The number of ether oxygens (including phenoxy) is 1. The first-order valence-corrected chi connectivity index (χ1v) is 5.15. The van der Waals surface area contributed by atoms with Gasteiger partial charge in [0.15, 0.2) is 0 Å². The van der Waals surface area contributed by atoms with Crippen LogP contribution in [0.1, 0.15) is 26.2 Å². The molecular weight excluding hydrogens is 166 g/mol. The van der Waals surface area contributed by atoms with E-state index in [-0.39, 0.29) is 11.8 Å². The molecule has 1 heterocycles. The minimum atomic E-state index is 0.189. The molecule has 1 saturated carbocycles. The number of nitrogens with one attached hydrogen (secondary N) is 1. The van der Waals surface area contributed by atoms with Crippen molar-refractivity contribution in [3.63, 3.8) is 0 Å². The molecular formula is C10H17NO2. The lowest BCUT2D eigenvalue weighted by Crippen LogP contribution is -2.39. The molecule has 0 aromatic carbocycles. The minimum Gasteiger partial charge on any atom is -0.381 e. The van der Waals surface area contributed by atoms with Crippen LogP contribution in [0.3, 0.4) is 0 Å². The third kappa shape index (κ3) is 2.21. The average molecular weight is 183 g/mol. The standard InChI is InChI=1S/C10H17NO2/c1-7-6-13-5-4-9(7)10(12)11-8-2-3-8/h7-9H,2-6H2,1H3,(H,11,12). The Labute approximate surface area is 78.8 Å². The monoisotopic (exact) mass is 183 g/mol. The molecule has 2 unspecified atom stereocenters. The zero-order valence-corrected chi connectivity index (χ0v) is 8.08. The van der Waals surface area contributed by atoms with Crippen molar-refractivity contribution in [1.82, 2.24) is 5.32 Å². The fraction of sp³-hybridized carbons (Fsp3) is 0.900. The number of amides is 1. The highest BCUT2D eigenvalue weighted by Gasteiger charge is 2.32. The van der Waals surface area contributed by atoms with Crippen molar-refractivity contribution < 1.29 is 9.53 Å². The number of rotatable bonds is 2. The zero-order valence-electron chi connectivity index (χ0n) is 8.08. The molecule has 2 aliphatic rings. The first-order valence-electron chi connectivity index (χ1n) is 5.15. The molecule has 1 amide bonds. The second kappa shape index (κ2) is 3.66. The maximum Gasteiger partial charge on any atom is 0.223 e. The van der Waals surface area contributed by atoms with Crippen LogP contribution < -0.4 is 5.32 Å². The lowest BCUT2D eigenvalue weighted by Gasteiger charge is -2.27. The van der Waals surface area contributed by atoms with Crippen LogP contribution in [-0.2, 0) is 9.53 Å². The van der Waals surface area contributed by atoms with Gasteiger partial charge in [-0.1, -0.05) is 6.92 Å². The van der Waals surface area contributed by atoms with Crippen LogP contribution in [0, 0.1) is 11.8 Å². The van der Waals surface area contributed by atoms with E-state index in [1.807, 2.05) is 0 Å². The van der Waals surface area contributed by atoms with Gasteiger partial charge in [-0.15, -0.1) is 0 Å². The van der Waals surface area contributed by atoms with Gasteiger partial charge in [-0.2, -0.15) is 0 Å². The second-order valence-corrected chi connectivity index (χ2v) is 4.23. The van der Waals surface area contributed by atoms with E-state index in [2.05, 4.69) is 12.2 Å². The SMILES string of the molecule is CC1COCCC1C(=O)NC1CC1. The predicted octanol–water partition coefficient (Wildman–Crippen LogP) is 0.938. The van der Waals surface area contributed by atoms with Crippen LogP contribution in [0.15, 0.2) is 0 Å². The predicted molar refractivity (Wildman–Crippen MR) is 49.3 cm³/mol. The van der Waals surface area contributed by atoms with Crippen LogP contribution in [0.25, 0.3) is 0 Å². The smallest absolute Gasteiger partial charge is 0.223 e. The Bertz CT molecular complexity index is 201. The maximum atomic E-state index is 11.7. The normalized spacial score (nSPS) is 34.2. The molecule has 1 aliphatic carbocycles. The Morgan fingerprint density at radius 3 is 2.77 bits per heavy atom. The Hall–Kier alpha value is -0.570. The highest BCUT2D eigenvalue weighted by molar-refractivity contribution is 5.79. The van der Waals surface area contributed by atoms with Crippen molar-refractivity contribution in [3.8, 4) is 0 Å². The van der Waals surface area contributed by atoms with Crippen molar-refractivity contribution >= 4 is 5.91 Å². The van der Waals surface area contributed by atoms with Gasteiger partial charge in [0.05, 0.1) is 0 Å². The summed E-state index contributed by atoms with van der Waals surface area (Å²) in [5, 5.41) is 3.06. The van der Waals surface area contributed by atoms with Gasteiger partial charge >= 0.3 is 0 Å². The molecule has 2 rings (SSSR count). The highest BCUT2D eigenvalue weighted by atomic mass is 16.5. The van der Waals surface area contributed by atoms with E-state index in [4.69, 9.17) is 4.74 Å². The van der Waals surface area contributed by atoms with Gasteiger partial charge < -0.3 is 10.1 Å². The van der Waals surface area contributed by atoms with Gasteiger partial charge in [0.1, 0.15) is 0 Å². The van der Waals surface area contributed by atoms with Gasteiger partial charge in [0, 0.05) is 25.2 Å². The quantitative estimate of drug-likeness (QED) is 0.692. The summed E-state index contributed by atoms with van der Waals surface area (Å²) in [5.74, 6) is 0.820. The Kier molecular flexibility index (Phi) is 2.54. The van der Waals surface area contributed by atoms with Crippen molar-refractivity contribution in [1.29, 1.82) is 0 Å². The summed E-state index contributed by atoms with van der Waals surface area (Å²) < 4.78 is 5.30. The topological polar surface area (TPSA) is 38.3 Å². The van der Waals surface area contributed by atoms with Gasteiger partial charge in [0.25, 0.3) is 0 Å². The second-order valence-electron chi connectivity index (χ2n) is 4.23. The summed E-state index contributed by atoms with van der Waals surface area (Å²) in [6, 6.07) is 0.488. The van der Waals surface area contributed by atoms with E-state index in [0.717, 1.165) is 19.6 Å². The van der Waals surface area contributed by atoms with Crippen LogP contribution in [0.5, 0.6) is 0 Å². The van der Waals surface area contributed by atoms with Crippen molar-refractivity contribution in [2.24, 2.45) is 11.8 Å². The van der Waals surface area contributed by atoms with E-state index >= 15 is 0 Å². The third-order valence-corrected chi connectivity index (χ3v) is 2.90.